The van der Waals surface area contributed by atoms with Gasteiger partial charge in [-0.3, -0.25) is 10.3 Å². The maximum atomic E-state index is 6.00. The molecule has 0 aliphatic heterocycles. The lowest BCUT2D eigenvalue weighted by molar-refractivity contribution is 0.584. The van der Waals surface area contributed by atoms with E-state index in [9.17, 15) is 0 Å². The number of nitrogens with two attached hydrogens (primary N) is 1. The van der Waals surface area contributed by atoms with Crippen molar-refractivity contribution in [3.8, 4) is 0 Å². The normalized spacial score (nSPS) is 11.0. The number of nitrogens with one attached hydrogen (secondary N) is 1. The van der Waals surface area contributed by atoms with Crippen LogP contribution in [0.25, 0.3) is 10.3 Å². The Balaban J connectivity index is 1.66. The molecular formula is C15H12N6OS. The van der Waals surface area contributed by atoms with Crippen molar-refractivity contribution >= 4 is 39.3 Å². The third kappa shape index (κ3) is 2.84. The number of nitrogens with zero attached hydrogens (tertiary/aromatic N) is 4. The fourth-order valence-corrected chi connectivity index (χ4v) is 3.13. The minimum absolute atomic E-state index is 0.345. The average molecular weight is 324 g/mol. The lowest BCUT2D eigenvalue weighted by atomic mass is 10.2. The van der Waals surface area contributed by atoms with Gasteiger partial charge in [-0.2, -0.15) is 9.97 Å². The van der Waals surface area contributed by atoms with Gasteiger partial charge in [0.1, 0.15) is 10.5 Å². The largest absolute Gasteiger partial charge is 0.449 e. The topological polar surface area (TPSA) is 103 Å². The van der Waals surface area contributed by atoms with Crippen LogP contribution in [0.4, 0.5) is 17.7 Å². The molecular weight excluding hydrogens is 312 g/mol. The lowest BCUT2D eigenvalue weighted by Gasteiger charge is -2.01. The molecule has 114 valence electrons. The van der Waals surface area contributed by atoms with Gasteiger partial charge in [0.2, 0.25) is 5.95 Å². The highest BCUT2D eigenvalue weighted by atomic mass is 32.1. The fourth-order valence-electron chi connectivity index (χ4n) is 2.15. The summed E-state index contributed by atoms with van der Waals surface area (Å²) in [7, 11) is 0. The van der Waals surface area contributed by atoms with E-state index in [1.165, 1.54) is 11.3 Å². The van der Waals surface area contributed by atoms with Gasteiger partial charge in [0, 0.05) is 24.9 Å². The standard InChI is InChI=1S/C15H12N6OS/c16-13-12-14(21-15(20-13)18-10-4-2-6-22-10)23-11(19-12)7-9-3-1-5-17-8-9/h1-6,8H,7H2,(H3,16,18,20,21). The zero-order valence-corrected chi connectivity index (χ0v) is 12.7. The Labute approximate surface area is 135 Å². The third-order valence-electron chi connectivity index (χ3n) is 3.16. The summed E-state index contributed by atoms with van der Waals surface area (Å²) in [5, 5.41) is 3.90. The molecule has 4 aromatic rings. The van der Waals surface area contributed by atoms with Gasteiger partial charge in [0.15, 0.2) is 16.5 Å². The maximum absolute atomic E-state index is 6.00. The van der Waals surface area contributed by atoms with Crippen LogP contribution in [0.15, 0.2) is 47.3 Å². The molecule has 8 heteroatoms. The summed E-state index contributed by atoms with van der Waals surface area (Å²) < 4.78 is 5.22. The fraction of sp³-hybridized carbons (Fsp3) is 0.0667. The van der Waals surface area contributed by atoms with Crippen molar-refractivity contribution in [3.63, 3.8) is 0 Å². The molecule has 4 rings (SSSR count). The van der Waals surface area contributed by atoms with Crippen LogP contribution >= 0.6 is 11.3 Å². The van der Waals surface area contributed by atoms with Gasteiger partial charge in [-0.1, -0.05) is 17.4 Å². The van der Waals surface area contributed by atoms with Crippen LogP contribution in [0.2, 0.25) is 0 Å². The van der Waals surface area contributed by atoms with Crippen LogP contribution in [-0.2, 0) is 6.42 Å². The van der Waals surface area contributed by atoms with Crippen LogP contribution < -0.4 is 11.1 Å². The summed E-state index contributed by atoms with van der Waals surface area (Å²) in [6.07, 6.45) is 5.83. The Bertz CT molecular complexity index is 935. The first-order chi connectivity index (χ1) is 11.3. The smallest absolute Gasteiger partial charge is 0.233 e. The highest BCUT2D eigenvalue weighted by Crippen LogP contribution is 2.27. The van der Waals surface area contributed by atoms with Crippen LogP contribution in [0, 0.1) is 0 Å². The first-order valence-electron chi connectivity index (χ1n) is 6.90. The van der Waals surface area contributed by atoms with Gasteiger partial charge in [-0.25, -0.2) is 4.98 Å². The molecule has 0 fully saturated rings. The van der Waals surface area contributed by atoms with E-state index in [0.717, 1.165) is 15.4 Å². The number of rotatable bonds is 4. The lowest BCUT2D eigenvalue weighted by Crippen LogP contribution is -2.00. The van der Waals surface area contributed by atoms with E-state index in [4.69, 9.17) is 10.2 Å². The number of aromatic nitrogens is 4. The summed E-state index contributed by atoms with van der Waals surface area (Å²) >= 11 is 1.49. The molecule has 23 heavy (non-hydrogen) atoms. The molecule has 0 aliphatic carbocycles. The molecule has 4 aromatic heterocycles. The molecule has 3 N–H and O–H groups in total. The molecule has 0 atom stereocenters. The zero-order valence-electron chi connectivity index (χ0n) is 11.9. The van der Waals surface area contributed by atoms with E-state index < -0.39 is 0 Å². The zero-order chi connectivity index (χ0) is 15.6. The van der Waals surface area contributed by atoms with E-state index >= 15 is 0 Å². The summed E-state index contributed by atoms with van der Waals surface area (Å²) in [6.45, 7) is 0. The van der Waals surface area contributed by atoms with Gasteiger partial charge >= 0.3 is 0 Å². The molecule has 0 saturated carbocycles. The minimum Gasteiger partial charge on any atom is -0.449 e. The predicted molar refractivity (Wildman–Crippen MR) is 88.7 cm³/mol. The van der Waals surface area contributed by atoms with Crippen molar-refractivity contribution in [1.29, 1.82) is 0 Å². The van der Waals surface area contributed by atoms with Crippen LogP contribution in [0.5, 0.6) is 0 Å². The Morgan fingerprint density at radius 2 is 2.13 bits per heavy atom. The SMILES string of the molecule is Nc1nc(Nc2ccco2)nc2sc(Cc3cccnc3)nc12. The van der Waals surface area contributed by atoms with E-state index in [-0.39, 0.29) is 0 Å². The number of thiazole rings is 1. The van der Waals surface area contributed by atoms with Crippen molar-refractivity contribution < 1.29 is 4.42 Å². The van der Waals surface area contributed by atoms with Crippen molar-refractivity contribution in [2.75, 3.05) is 11.1 Å². The van der Waals surface area contributed by atoms with Gasteiger partial charge in [-0.05, 0) is 17.7 Å². The Morgan fingerprint density at radius 1 is 1.17 bits per heavy atom. The number of fused-ring (bicyclic) bond motifs is 1. The van der Waals surface area contributed by atoms with Gasteiger partial charge in [0.25, 0.3) is 0 Å². The van der Waals surface area contributed by atoms with E-state index in [1.807, 2.05) is 18.3 Å². The van der Waals surface area contributed by atoms with Gasteiger partial charge in [-0.15, -0.1) is 0 Å². The van der Waals surface area contributed by atoms with Crippen molar-refractivity contribution in [2.24, 2.45) is 0 Å². The minimum atomic E-state index is 0.345. The molecule has 0 aliphatic rings. The highest BCUT2D eigenvalue weighted by Gasteiger charge is 2.12. The number of pyridine rings is 1. The van der Waals surface area contributed by atoms with E-state index in [2.05, 4.69) is 25.3 Å². The molecule has 0 amide bonds. The second-order valence-corrected chi connectivity index (χ2v) is 5.90. The number of furan rings is 1. The summed E-state index contributed by atoms with van der Waals surface area (Å²) in [5.41, 5.74) is 7.72. The Kier molecular flexibility index (Phi) is 3.35. The second-order valence-electron chi connectivity index (χ2n) is 4.83. The monoisotopic (exact) mass is 324 g/mol. The predicted octanol–water partition coefficient (Wildman–Crippen LogP) is 2.99. The number of hydrogen-bond donors (Lipinski definition) is 2. The molecule has 0 aromatic carbocycles. The molecule has 0 unspecified atom stereocenters. The Morgan fingerprint density at radius 3 is 2.91 bits per heavy atom. The van der Waals surface area contributed by atoms with Crippen LogP contribution in [-0.4, -0.2) is 19.9 Å². The van der Waals surface area contributed by atoms with Crippen molar-refractivity contribution in [1.82, 2.24) is 19.9 Å². The molecule has 0 bridgehead atoms. The van der Waals surface area contributed by atoms with Crippen LogP contribution in [0.3, 0.4) is 0 Å². The molecule has 0 saturated heterocycles. The first kappa shape index (κ1) is 13.6. The van der Waals surface area contributed by atoms with E-state index in [1.54, 1.807) is 24.6 Å². The maximum Gasteiger partial charge on any atom is 0.233 e. The van der Waals surface area contributed by atoms with Crippen molar-refractivity contribution in [3.05, 3.63) is 53.5 Å². The summed E-state index contributed by atoms with van der Waals surface area (Å²) in [6, 6.07) is 7.48. The van der Waals surface area contributed by atoms with Crippen molar-refractivity contribution in [2.45, 2.75) is 6.42 Å². The second kappa shape index (κ2) is 5.65. The van der Waals surface area contributed by atoms with E-state index in [0.29, 0.717) is 29.6 Å². The average Bonchev–Trinajstić information content (AvgIpc) is 3.18. The summed E-state index contributed by atoms with van der Waals surface area (Å²) in [5.74, 6) is 1.29. The number of hydrogen-bond acceptors (Lipinski definition) is 8. The molecule has 0 spiro atoms. The van der Waals surface area contributed by atoms with Gasteiger partial charge in [0.05, 0.1) is 6.26 Å². The number of nitrogen functional groups attached to an aromatic ring is 1. The highest BCUT2D eigenvalue weighted by molar-refractivity contribution is 7.18. The molecule has 0 radical (unpaired) electrons. The first-order valence-corrected chi connectivity index (χ1v) is 7.72. The van der Waals surface area contributed by atoms with Gasteiger partial charge < -0.3 is 10.2 Å². The molecule has 7 nitrogen and oxygen atoms in total. The summed E-state index contributed by atoms with van der Waals surface area (Å²) in [4.78, 5) is 18.1. The Hall–Kier alpha value is -3.00. The van der Waals surface area contributed by atoms with Crippen LogP contribution in [0.1, 0.15) is 10.6 Å². The quantitative estimate of drug-likeness (QED) is 0.595. The molecule has 4 heterocycles. The third-order valence-corrected chi connectivity index (χ3v) is 4.11. The number of anilines is 3.